The first kappa shape index (κ1) is 13.9. The van der Waals surface area contributed by atoms with Crippen molar-refractivity contribution in [2.75, 3.05) is 5.73 Å². The van der Waals surface area contributed by atoms with Crippen molar-refractivity contribution >= 4 is 11.5 Å². The van der Waals surface area contributed by atoms with E-state index in [-0.39, 0.29) is 0 Å². The van der Waals surface area contributed by atoms with Crippen LogP contribution in [0.4, 0.5) is 5.69 Å². The standard InChI is InChI=1S/C17H23NO/c18-16-10-6-7-14(13-16)11-12-17(19)15-8-4-2-1-3-5-9-15/h6-8,10,13H,1-5,9,11-12,18H2/b15-8+. The smallest absolute Gasteiger partial charge is 0.158 e. The molecule has 0 aromatic heterocycles. The van der Waals surface area contributed by atoms with Gasteiger partial charge >= 0.3 is 0 Å². The zero-order valence-corrected chi connectivity index (χ0v) is 11.5. The number of aryl methyl sites for hydroxylation is 1. The summed E-state index contributed by atoms with van der Waals surface area (Å²) in [6, 6.07) is 7.82. The molecule has 0 saturated carbocycles. The van der Waals surface area contributed by atoms with Crippen molar-refractivity contribution in [1.82, 2.24) is 0 Å². The Morgan fingerprint density at radius 2 is 2.00 bits per heavy atom. The van der Waals surface area contributed by atoms with E-state index in [9.17, 15) is 4.79 Å². The fraction of sp³-hybridized carbons (Fsp3) is 0.471. The van der Waals surface area contributed by atoms with Crippen molar-refractivity contribution in [2.24, 2.45) is 0 Å². The molecule has 2 rings (SSSR count). The highest BCUT2D eigenvalue weighted by molar-refractivity contribution is 5.95. The summed E-state index contributed by atoms with van der Waals surface area (Å²) in [4.78, 5) is 12.2. The zero-order chi connectivity index (χ0) is 13.5. The third-order valence-corrected chi connectivity index (χ3v) is 3.74. The fourth-order valence-electron chi connectivity index (χ4n) is 2.61. The van der Waals surface area contributed by atoms with Gasteiger partial charge in [0.15, 0.2) is 5.78 Å². The second-order valence-electron chi connectivity index (χ2n) is 5.35. The van der Waals surface area contributed by atoms with Gasteiger partial charge in [-0.25, -0.2) is 0 Å². The lowest BCUT2D eigenvalue weighted by molar-refractivity contribution is -0.115. The molecule has 0 spiro atoms. The van der Waals surface area contributed by atoms with Crippen molar-refractivity contribution in [1.29, 1.82) is 0 Å². The second-order valence-corrected chi connectivity index (χ2v) is 5.35. The molecular weight excluding hydrogens is 234 g/mol. The lowest BCUT2D eigenvalue weighted by Crippen LogP contribution is -2.06. The number of anilines is 1. The van der Waals surface area contributed by atoms with E-state index in [1.165, 1.54) is 19.3 Å². The molecule has 0 atom stereocenters. The molecule has 2 heteroatoms. The summed E-state index contributed by atoms with van der Waals surface area (Å²) in [5.41, 5.74) is 8.73. The summed E-state index contributed by atoms with van der Waals surface area (Å²) in [5.74, 6) is 0.323. The van der Waals surface area contributed by atoms with Gasteiger partial charge in [-0.15, -0.1) is 0 Å². The van der Waals surface area contributed by atoms with Gasteiger partial charge in [-0.3, -0.25) is 4.79 Å². The van der Waals surface area contributed by atoms with Gasteiger partial charge in [0.1, 0.15) is 0 Å². The summed E-state index contributed by atoms with van der Waals surface area (Å²) in [6.45, 7) is 0. The Balaban J connectivity index is 1.89. The van der Waals surface area contributed by atoms with Crippen LogP contribution in [-0.4, -0.2) is 5.78 Å². The number of nitrogen functional groups attached to an aromatic ring is 1. The highest BCUT2D eigenvalue weighted by Crippen LogP contribution is 2.19. The topological polar surface area (TPSA) is 43.1 Å². The summed E-state index contributed by atoms with van der Waals surface area (Å²) < 4.78 is 0. The van der Waals surface area contributed by atoms with Gasteiger partial charge in [0.25, 0.3) is 0 Å². The number of ketones is 1. The van der Waals surface area contributed by atoms with Crippen LogP contribution in [0.5, 0.6) is 0 Å². The lowest BCUT2D eigenvalue weighted by atomic mass is 9.94. The Kier molecular flexibility index (Phi) is 5.20. The van der Waals surface area contributed by atoms with Gasteiger partial charge in [0.05, 0.1) is 0 Å². The number of Topliss-reactive ketones (excluding diaryl/α,β-unsaturated/α-hetero) is 1. The van der Waals surface area contributed by atoms with Gasteiger partial charge in [0.2, 0.25) is 0 Å². The molecule has 0 bridgehead atoms. The molecule has 0 heterocycles. The van der Waals surface area contributed by atoms with Crippen molar-refractivity contribution in [3.05, 3.63) is 41.5 Å². The molecule has 1 aliphatic carbocycles. The van der Waals surface area contributed by atoms with Crippen molar-refractivity contribution in [3.63, 3.8) is 0 Å². The SMILES string of the molecule is Nc1cccc(CCC(=O)/C2=C/CCCCCC2)c1. The average molecular weight is 257 g/mol. The number of carbonyl (C=O) groups is 1. The van der Waals surface area contributed by atoms with E-state index in [2.05, 4.69) is 6.08 Å². The van der Waals surface area contributed by atoms with E-state index < -0.39 is 0 Å². The number of carbonyl (C=O) groups excluding carboxylic acids is 1. The van der Waals surface area contributed by atoms with Crippen LogP contribution in [0.25, 0.3) is 0 Å². The number of hydrogen-bond acceptors (Lipinski definition) is 2. The van der Waals surface area contributed by atoms with E-state index in [4.69, 9.17) is 5.73 Å². The van der Waals surface area contributed by atoms with Crippen LogP contribution >= 0.6 is 0 Å². The van der Waals surface area contributed by atoms with E-state index in [0.717, 1.165) is 42.5 Å². The lowest BCUT2D eigenvalue weighted by Gasteiger charge is -2.10. The summed E-state index contributed by atoms with van der Waals surface area (Å²) in [7, 11) is 0. The maximum absolute atomic E-state index is 12.2. The molecule has 102 valence electrons. The minimum absolute atomic E-state index is 0.323. The minimum Gasteiger partial charge on any atom is -0.399 e. The largest absolute Gasteiger partial charge is 0.399 e. The molecule has 2 nitrogen and oxygen atoms in total. The maximum atomic E-state index is 12.2. The number of hydrogen-bond donors (Lipinski definition) is 1. The monoisotopic (exact) mass is 257 g/mol. The zero-order valence-electron chi connectivity index (χ0n) is 11.5. The Morgan fingerprint density at radius 3 is 2.84 bits per heavy atom. The van der Waals surface area contributed by atoms with E-state index in [0.29, 0.717) is 12.2 Å². The van der Waals surface area contributed by atoms with Crippen LogP contribution in [-0.2, 0) is 11.2 Å². The normalized spacial score (nSPS) is 19.1. The van der Waals surface area contributed by atoms with E-state index >= 15 is 0 Å². The maximum Gasteiger partial charge on any atom is 0.158 e. The van der Waals surface area contributed by atoms with Crippen LogP contribution in [0.1, 0.15) is 50.5 Å². The van der Waals surface area contributed by atoms with Crippen molar-refractivity contribution in [3.8, 4) is 0 Å². The van der Waals surface area contributed by atoms with Gasteiger partial charge in [0, 0.05) is 12.1 Å². The predicted octanol–water partition coefficient (Wildman–Crippen LogP) is 4.05. The van der Waals surface area contributed by atoms with Crippen LogP contribution < -0.4 is 5.73 Å². The number of allylic oxidation sites excluding steroid dienone is 2. The Hall–Kier alpha value is -1.57. The van der Waals surface area contributed by atoms with Gasteiger partial charge in [-0.1, -0.05) is 31.1 Å². The molecule has 0 fully saturated rings. The first-order valence-corrected chi connectivity index (χ1v) is 7.32. The first-order valence-electron chi connectivity index (χ1n) is 7.32. The first-order chi connectivity index (χ1) is 9.25. The minimum atomic E-state index is 0.323. The number of nitrogens with two attached hydrogens (primary N) is 1. The third-order valence-electron chi connectivity index (χ3n) is 3.74. The van der Waals surface area contributed by atoms with Crippen LogP contribution in [0, 0.1) is 0 Å². The van der Waals surface area contributed by atoms with Gasteiger partial charge in [-0.2, -0.15) is 0 Å². The summed E-state index contributed by atoms with van der Waals surface area (Å²) >= 11 is 0. The van der Waals surface area contributed by atoms with Gasteiger partial charge in [-0.05, 0) is 55.4 Å². The van der Waals surface area contributed by atoms with Crippen molar-refractivity contribution in [2.45, 2.75) is 51.4 Å². The third kappa shape index (κ3) is 4.55. The molecule has 1 aromatic carbocycles. The van der Waals surface area contributed by atoms with Gasteiger partial charge < -0.3 is 5.73 Å². The van der Waals surface area contributed by atoms with E-state index in [1.807, 2.05) is 24.3 Å². The van der Waals surface area contributed by atoms with Crippen molar-refractivity contribution < 1.29 is 4.79 Å². The summed E-state index contributed by atoms with van der Waals surface area (Å²) in [5, 5.41) is 0. The quantitative estimate of drug-likeness (QED) is 0.827. The highest BCUT2D eigenvalue weighted by atomic mass is 16.1. The molecule has 19 heavy (non-hydrogen) atoms. The predicted molar refractivity (Wildman–Crippen MR) is 80.0 cm³/mol. The van der Waals surface area contributed by atoms with Crippen LogP contribution in [0.15, 0.2) is 35.9 Å². The molecule has 0 aliphatic heterocycles. The Morgan fingerprint density at radius 1 is 1.16 bits per heavy atom. The highest BCUT2D eigenvalue weighted by Gasteiger charge is 2.11. The second kappa shape index (κ2) is 7.13. The molecule has 0 amide bonds. The molecule has 1 aromatic rings. The molecule has 2 N–H and O–H groups in total. The number of rotatable bonds is 4. The number of benzene rings is 1. The fourth-order valence-corrected chi connectivity index (χ4v) is 2.61. The molecule has 1 aliphatic rings. The average Bonchev–Trinajstić information content (AvgIpc) is 2.36. The molecule has 0 saturated heterocycles. The van der Waals surface area contributed by atoms with E-state index in [1.54, 1.807) is 0 Å². The van der Waals surface area contributed by atoms with Crippen LogP contribution in [0.2, 0.25) is 0 Å². The molecule has 0 unspecified atom stereocenters. The molecular formula is C17H23NO. The summed E-state index contributed by atoms with van der Waals surface area (Å²) in [6.07, 6.45) is 10.6. The van der Waals surface area contributed by atoms with Crippen LogP contribution in [0.3, 0.4) is 0 Å². The molecule has 0 radical (unpaired) electrons. The Labute approximate surface area is 115 Å². The Bertz CT molecular complexity index is 462.